The molecule has 6 nitrogen and oxygen atoms in total. The fourth-order valence-electron chi connectivity index (χ4n) is 2.56. The van der Waals surface area contributed by atoms with Crippen LogP contribution in [0.5, 0.6) is 0 Å². The molecule has 0 saturated carbocycles. The van der Waals surface area contributed by atoms with Gasteiger partial charge in [0, 0.05) is 19.2 Å². The van der Waals surface area contributed by atoms with Gasteiger partial charge in [-0.3, -0.25) is 9.20 Å². The third-order valence-electron chi connectivity index (χ3n) is 3.66. The van der Waals surface area contributed by atoms with E-state index in [4.69, 9.17) is 0 Å². The van der Waals surface area contributed by atoms with Gasteiger partial charge in [-0.15, -0.1) is 10.2 Å². The normalized spacial score (nSPS) is 19.1. The predicted octanol–water partition coefficient (Wildman–Crippen LogP) is 0.530. The largest absolute Gasteiger partial charge is 0.354 e. The quantitative estimate of drug-likeness (QED) is 0.852. The summed E-state index contributed by atoms with van der Waals surface area (Å²) in [6.07, 6.45) is 5.84. The Bertz CT molecular complexity index is 588. The van der Waals surface area contributed by atoms with E-state index in [1.807, 2.05) is 28.8 Å². The van der Waals surface area contributed by atoms with Crippen LogP contribution in [-0.2, 0) is 11.2 Å². The average Bonchev–Trinajstić information content (AvgIpc) is 2.92. The number of carbonyl (C=O) groups is 1. The summed E-state index contributed by atoms with van der Waals surface area (Å²) in [6, 6.07) is 5.77. The summed E-state index contributed by atoms with van der Waals surface area (Å²) < 4.78 is 1.95. The summed E-state index contributed by atoms with van der Waals surface area (Å²) >= 11 is 0. The summed E-state index contributed by atoms with van der Waals surface area (Å²) in [7, 11) is 0. The number of hydrogen-bond acceptors (Lipinski definition) is 4. The average molecular weight is 273 g/mol. The van der Waals surface area contributed by atoms with Crippen LogP contribution in [0.3, 0.4) is 0 Å². The Kier molecular flexibility index (Phi) is 3.92. The van der Waals surface area contributed by atoms with E-state index in [-0.39, 0.29) is 11.9 Å². The Morgan fingerprint density at radius 3 is 3.20 bits per heavy atom. The number of piperidine rings is 1. The Labute approximate surface area is 117 Å². The van der Waals surface area contributed by atoms with Crippen molar-refractivity contribution in [1.82, 2.24) is 25.2 Å². The number of rotatable bonds is 4. The minimum atomic E-state index is -0.0288. The van der Waals surface area contributed by atoms with Gasteiger partial charge in [-0.25, -0.2) is 0 Å². The molecule has 106 valence electrons. The van der Waals surface area contributed by atoms with E-state index in [1.54, 1.807) is 0 Å². The van der Waals surface area contributed by atoms with Gasteiger partial charge in [0.2, 0.25) is 5.91 Å². The van der Waals surface area contributed by atoms with Gasteiger partial charge >= 0.3 is 0 Å². The topological polar surface area (TPSA) is 71.3 Å². The molecule has 20 heavy (non-hydrogen) atoms. The molecule has 6 heteroatoms. The zero-order valence-corrected chi connectivity index (χ0v) is 11.4. The van der Waals surface area contributed by atoms with Gasteiger partial charge in [0.05, 0.1) is 6.04 Å². The molecule has 1 atom stereocenters. The highest BCUT2D eigenvalue weighted by Gasteiger charge is 2.19. The van der Waals surface area contributed by atoms with Gasteiger partial charge in [-0.1, -0.05) is 12.5 Å². The molecule has 0 bridgehead atoms. The third kappa shape index (κ3) is 2.80. The van der Waals surface area contributed by atoms with E-state index in [0.29, 0.717) is 13.0 Å². The molecular weight excluding hydrogens is 254 g/mol. The second-order valence-corrected chi connectivity index (χ2v) is 5.09. The molecular formula is C14H19N5O. The molecule has 2 aromatic rings. The summed E-state index contributed by atoms with van der Waals surface area (Å²) in [4.78, 5) is 12.0. The molecule has 1 amide bonds. The predicted molar refractivity (Wildman–Crippen MR) is 75.3 cm³/mol. The molecule has 0 aromatic carbocycles. The Hall–Kier alpha value is -1.95. The van der Waals surface area contributed by atoms with Crippen LogP contribution in [0.1, 0.15) is 25.1 Å². The fourth-order valence-corrected chi connectivity index (χ4v) is 2.56. The highest BCUT2D eigenvalue weighted by atomic mass is 16.2. The molecule has 3 heterocycles. The Morgan fingerprint density at radius 2 is 2.35 bits per heavy atom. The van der Waals surface area contributed by atoms with Gasteiger partial charge in [-0.05, 0) is 31.5 Å². The number of pyridine rings is 1. The maximum atomic E-state index is 12.0. The van der Waals surface area contributed by atoms with Crippen LogP contribution in [0.15, 0.2) is 24.4 Å². The molecule has 1 saturated heterocycles. The van der Waals surface area contributed by atoms with Gasteiger partial charge in [0.15, 0.2) is 5.65 Å². The van der Waals surface area contributed by atoms with E-state index >= 15 is 0 Å². The van der Waals surface area contributed by atoms with E-state index in [1.165, 1.54) is 0 Å². The molecule has 3 rings (SSSR count). The van der Waals surface area contributed by atoms with Gasteiger partial charge in [0.25, 0.3) is 0 Å². The number of nitrogens with zero attached hydrogens (tertiary/aromatic N) is 3. The lowest BCUT2D eigenvalue weighted by molar-refractivity contribution is -0.123. The first-order chi connectivity index (χ1) is 9.84. The smallest absolute Gasteiger partial charge is 0.237 e. The molecule has 0 spiro atoms. The summed E-state index contributed by atoms with van der Waals surface area (Å²) in [5, 5.41) is 14.5. The summed E-state index contributed by atoms with van der Waals surface area (Å²) in [5.41, 5.74) is 0.836. The summed E-state index contributed by atoms with van der Waals surface area (Å²) in [6.45, 7) is 1.53. The lowest BCUT2D eigenvalue weighted by Crippen LogP contribution is -2.47. The van der Waals surface area contributed by atoms with Crippen LogP contribution >= 0.6 is 0 Å². The molecule has 2 N–H and O–H groups in total. The number of hydrogen-bond donors (Lipinski definition) is 2. The first-order valence-electron chi connectivity index (χ1n) is 7.14. The highest BCUT2D eigenvalue weighted by Crippen LogP contribution is 2.07. The van der Waals surface area contributed by atoms with E-state index in [2.05, 4.69) is 20.8 Å². The second-order valence-electron chi connectivity index (χ2n) is 5.09. The van der Waals surface area contributed by atoms with Crippen molar-refractivity contribution in [3.63, 3.8) is 0 Å². The van der Waals surface area contributed by atoms with E-state index in [9.17, 15) is 4.79 Å². The van der Waals surface area contributed by atoms with Crippen molar-refractivity contribution < 1.29 is 4.79 Å². The molecule has 1 aliphatic rings. The minimum Gasteiger partial charge on any atom is -0.354 e. The van der Waals surface area contributed by atoms with Crippen LogP contribution in [0.4, 0.5) is 0 Å². The third-order valence-corrected chi connectivity index (χ3v) is 3.66. The SMILES string of the molecule is O=C(NCCc1nnc2ccccn12)[C@@H]1CCCCN1. The first-order valence-corrected chi connectivity index (χ1v) is 7.14. The maximum absolute atomic E-state index is 12.0. The minimum absolute atomic E-state index is 0.0288. The van der Waals surface area contributed by atoms with Crippen molar-refractivity contribution in [2.24, 2.45) is 0 Å². The molecule has 2 aromatic heterocycles. The van der Waals surface area contributed by atoms with Crippen LogP contribution < -0.4 is 10.6 Å². The Balaban J connectivity index is 1.53. The van der Waals surface area contributed by atoms with Crippen molar-refractivity contribution >= 4 is 11.6 Å². The van der Waals surface area contributed by atoms with Crippen LogP contribution in [-0.4, -0.2) is 39.6 Å². The van der Waals surface area contributed by atoms with E-state index in [0.717, 1.165) is 37.3 Å². The highest BCUT2D eigenvalue weighted by molar-refractivity contribution is 5.81. The van der Waals surface area contributed by atoms with Gasteiger partial charge < -0.3 is 10.6 Å². The van der Waals surface area contributed by atoms with Crippen molar-refractivity contribution in [3.05, 3.63) is 30.2 Å². The standard InChI is InChI=1S/C14H19N5O/c20-14(11-5-1-3-8-15-11)16-9-7-13-18-17-12-6-2-4-10-19(12)13/h2,4,6,10-11,15H,1,3,5,7-9H2,(H,16,20)/t11-/m0/s1. The number of nitrogens with one attached hydrogen (secondary N) is 2. The molecule has 1 fully saturated rings. The molecule has 1 aliphatic heterocycles. The number of aromatic nitrogens is 3. The molecule has 0 unspecified atom stereocenters. The molecule has 0 aliphatic carbocycles. The number of amides is 1. The van der Waals surface area contributed by atoms with E-state index < -0.39 is 0 Å². The lowest BCUT2D eigenvalue weighted by Gasteiger charge is -2.22. The fraction of sp³-hybridized carbons (Fsp3) is 0.500. The second kappa shape index (κ2) is 6.00. The van der Waals surface area contributed by atoms with Crippen LogP contribution in [0, 0.1) is 0 Å². The maximum Gasteiger partial charge on any atom is 0.237 e. The Morgan fingerprint density at radius 1 is 1.40 bits per heavy atom. The monoisotopic (exact) mass is 273 g/mol. The van der Waals surface area contributed by atoms with Gasteiger partial charge in [-0.2, -0.15) is 0 Å². The zero-order valence-electron chi connectivity index (χ0n) is 11.4. The van der Waals surface area contributed by atoms with Crippen LogP contribution in [0.2, 0.25) is 0 Å². The zero-order chi connectivity index (χ0) is 13.8. The lowest BCUT2D eigenvalue weighted by atomic mass is 10.0. The van der Waals surface area contributed by atoms with Crippen molar-refractivity contribution in [3.8, 4) is 0 Å². The molecule has 0 radical (unpaired) electrons. The van der Waals surface area contributed by atoms with Crippen molar-refractivity contribution in [2.45, 2.75) is 31.7 Å². The summed E-state index contributed by atoms with van der Waals surface area (Å²) in [5.74, 6) is 0.969. The number of fused-ring (bicyclic) bond motifs is 1. The van der Waals surface area contributed by atoms with Crippen LogP contribution in [0.25, 0.3) is 5.65 Å². The first kappa shape index (κ1) is 13.1. The van der Waals surface area contributed by atoms with Crippen molar-refractivity contribution in [1.29, 1.82) is 0 Å². The number of carbonyl (C=O) groups excluding carboxylic acids is 1. The van der Waals surface area contributed by atoms with Gasteiger partial charge in [0.1, 0.15) is 5.82 Å². The van der Waals surface area contributed by atoms with Crippen molar-refractivity contribution in [2.75, 3.05) is 13.1 Å².